The van der Waals surface area contributed by atoms with E-state index >= 15 is 0 Å². The van der Waals surface area contributed by atoms with Gasteiger partial charge in [0.1, 0.15) is 0 Å². The molecular formula is C13H14N4S. The summed E-state index contributed by atoms with van der Waals surface area (Å²) in [5, 5.41) is 7.44. The first-order valence-corrected chi connectivity index (χ1v) is 6.58. The summed E-state index contributed by atoms with van der Waals surface area (Å²) in [6, 6.07) is 6.18. The fraction of sp³-hybridized carbons (Fsp3) is 0.231. The molecule has 3 heterocycles. The normalized spacial score (nSPS) is 11.1. The highest BCUT2D eigenvalue weighted by Gasteiger charge is 2.11. The smallest absolute Gasteiger partial charge is 0.0911 e. The van der Waals surface area contributed by atoms with Crippen LogP contribution >= 0.6 is 11.3 Å². The molecule has 0 aliphatic rings. The molecule has 3 aromatic heterocycles. The van der Waals surface area contributed by atoms with Crippen molar-refractivity contribution in [3.05, 3.63) is 29.3 Å². The van der Waals surface area contributed by atoms with Crippen molar-refractivity contribution in [2.75, 3.05) is 12.4 Å². The van der Waals surface area contributed by atoms with Crippen LogP contribution in [0.5, 0.6) is 0 Å². The largest absolute Gasteiger partial charge is 0.387 e. The van der Waals surface area contributed by atoms with E-state index in [1.165, 1.54) is 9.58 Å². The van der Waals surface area contributed by atoms with Gasteiger partial charge in [0, 0.05) is 25.2 Å². The number of anilines is 1. The molecule has 1 N–H and O–H groups in total. The Morgan fingerprint density at radius 3 is 2.83 bits per heavy atom. The van der Waals surface area contributed by atoms with Gasteiger partial charge in [-0.2, -0.15) is 5.10 Å². The molecule has 0 bridgehead atoms. The molecule has 0 aromatic carbocycles. The molecular weight excluding hydrogens is 244 g/mol. The Labute approximate surface area is 109 Å². The van der Waals surface area contributed by atoms with Crippen molar-refractivity contribution in [2.45, 2.75) is 6.92 Å². The third-order valence-electron chi connectivity index (χ3n) is 2.95. The fourth-order valence-electron chi connectivity index (χ4n) is 2.08. The number of nitrogens with zero attached hydrogens (tertiary/aromatic N) is 3. The summed E-state index contributed by atoms with van der Waals surface area (Å²) in [4.78, 5) is 5.99. The first-order chi connectivity index (χ1) is 8.69. The van der Waals surface area contributed by atoms with Crippen molar-refractivity contribution in [2.24, 2.45) is 7.05 Å². The summed E-state index contributed by atoms with van der Waals surface area (Å²) in [6.45, 7) is 2.11. The van der Waals surface area contributed by atoms with Crippen LogP contribution in [0.2, 0.25) is 0 Å². The van der Waals surface area contributed by atoms with Gasteiger partial charge in [-0.3, -0.25) is 4.68 Å². The van der Waals surface area contributed by atoms with Gasteiger partial charge in [0.25, 0.3) is 0 Å². The zero-order valence-electron chi connectivity index (χ0n) is 10.6. The van der Waals surface area contributed by atoms with E-state index in [-0.39, 0.29) is 0 Å². The standard InChI is InChI=1S/C13H14N4S/c1-8-6-11-13(18-8)10(14-2)7-9(16-11)12-4-5-15-17(12)3/h4-7H,1-3H3,(H,14,16). The highest BCUT2D eigenvalue weighted by atomic mass is 32.1. The number of aromatic nitrogens is 3. The number of pyridine rings is 1. The van der Waals surface area contributed by atoms with Crippen molar-refractivity contribution in [1.82, 2.24) is 14.8 Å². The summed E-state index contributed by atoms with van der Waals surface area (Å²) >= 11 is 1.77. The maximum absolute atomic E-state index is 4.72. The first-order valence-electron chi connectivity index (χ1n) is 5.76. The second kappa shape index (κ2) is 4.10. The number of rotatable bonds is 2. The van der Waals surface area contributed by atoms with Crippen LogP contribution in [-0.4, -0.2) is 21.8 Å². The highest BCUT2D eigenvalue weighted by Crippen LogP contribution is 2.33. The Hall–Kier alpha value is -1.88. The van der Waals surface area contributed by atoms with Crippen LogP contribution in [0, 0.1) is 6.92 Å². The first kappa shape index (κ1) is 11.2. The molecule has 0 saturated carbocycles. The van der Waals surface area contributed by atoms with Crippen molar-refractivity contribution in [3.8, 4) is 11.4 Å². The third-order valence-corrected chi connectivity index (χ3v) is 4.03. The second-order valence-electron chi connectivity index (χ2n) is 4.22. The SMILES string of the molecule is CNc1cc(-c2ccnn2C)nc2cc(C)sc12. The van der Waals surface area contributed by atoms with Crippen LogP contribution in [0.15, 0.2) is 24.4 Å². The van der Waals surface area contributed by atoms with E-state index in [2.05, 4.69) is 29.5 Å². The predicted molar refractivity (Wildman–Crippen MR) is 76.1 cm³/mol. The maximum Gasteiger partial charge on any atom is 0.0911 e. The number of fused-ring (bicyclic) bond motifs is 1. The Bertz CT molecular complexity index is 711. The van der Waals surface area contributed by atoms with Crippen LogP contribution in [0.3, 0.4) is 0 Å². The molecule has 0 aliphatic carbocycles. The molecule has 0 saturated heterocycles. The van der Waals surface area contributed by atoms with E-state index in [0.717, 1.165) is 22.6 Å². The van der Waals surface area contributed by atoms with Gasteiger partial charge in [-0.05, 0) is 25.1 Å². The van der Waals surface area contributed by atoms with Crippen molar-refractivity contribution < 1.29 is 0 Å². The predicted octanol–water partition coefficient (Wildman–Crippen LogP) is 3.05. The lowest BCUT2D eigenvalue weighted by atomic mass is 10.2. The topological polar surface area (TPSA) is 42.7 Å². The van der Waals surface area contributed by atoms with Crippen LogP contribution in [0.25, 0.3) is 21.6 Å². The van der Waals surface area contributed by atoms with Gasteiger partial charge in [0.2, 0.25) is 0 Å². The average Bonchev–Trinajstić information content (AvgIpc) is 2.92. The molecule has 0 unspecified atom stereocenters. The molecule has 5 heteroatoms. The molecule has 3 aromatic rings. The average molecular weight is 258 g/mol. The molecule has 4 nitrogen and oxygen atoms in total. The van der Waals surface area contributed by atoms with Crippen LogP contribution in [-0.2, 0) is 7.05 Å². The Balaban J connectivity index is 2.28. The van der Waals surface area contributed by atoms with Crippen molar-refractivity contribution in [1.29, 1.82) is 0 Å². The minimum Gasteiger partial charge on any atom is -0.387 e. The molecule has 92 valence electrons. The van der Waals surface area contributed by atoms with Gasteiger partial charge in [-0.15, -0.1) is 11.3 Å². The summed E-state index contributed by atoms with van der Waals surface area (Å²) in [5.74, 6) is 0. The van der Waals surface area contributed by atoms with Gasteiger partial charge < -0.3 is 5.32 Å². The minimum atomic E-state index is 0.949. The number of hydrogen-bond donors (Lipinski definition) is 1. The van der Waals surface area contributed by atoms with Crippen LogP contribution in [0.1, 0.15) is 4.88 Å². The lowest BCUT2D eigenvalue weighted by Gasteiger charge is -2.06. The Morgan fingerprint density at radius 2 is 2.17 bits per heavy atom. The molecule has 0 atom stereocenters. The van der Waals surface area contributed by atoms with Gasteiger partial charge >= 0.3 is 0 Å². The zero-order chi connectivity index (χ0) is 12.7. The Kier molecular flexibility index (Phi) is 2.56. The van der Waals surface area contributed by atoms with E-state index in [0.29, 0.717) is 0 Å². The number of nitrogens with one attached hydrogen (secondary N) is 1. The third kappa shape index (κ3) is 1.67. The minimum absolute atomic E-state index is 0.949. The van der Waals surface area contributed by atoms with E-state index in [1.807, 2.05) is 24.8 Å². The number of hydrogen-bond acceptors (Lipinski definition) is 4. The highest BCUT2D eigenvalue weighted by molar-refractivity contribution is 7.19. The molecule has 18 heavy (non-hydrogen) atoms. The molecule has 0 amide bonds. The van der Waals surface area contributed by atoms with E-state index in [1.54, 1.807) is 17.5 Å². The van der Waals surface area contributed by atoms with E-state index < -0.39 is 0 Å². The van der Waals surface area contributed by atoms with E-state index in [9.17, 15) is 0 Å². The molecule has 0 aliphatic heterocycles. The molecule has 3 rings (SSSR count). The van der Waals surface area contributed by atoms with E-state index in [4.69, 9.17) is 4.98 Å². The quantitative estimate of drug-likeness (QED) is 0.768. The summed E-state index contributed by atoms with van der Waals surface area (Å²) in [7, 11) is 3.87. The summed E-state index contributed by atoms with van der Waals surface area (Å²) in [5.41, 5.74) is 4.14. The van der Waals surface area contributed by atoms with Crippen LogP contribution in [0.4, 0.5) is 5.69 Å². The summed E-state index contributed by atoms with van der Waals surface area (Å²) < 4.78 is 3.05. The lowest BCUT2D eigenvalue weighted by molar-refractivity contribution is 0.774. The maximum atomic E-state index is 4.72. The number of thiophene rings is 1. The molecule has 0 radical (unpaired) electrons. The van der Waals surface area contributed by atoms with Crippen molar-refractivity contribution in [3.63, 3.8) is 0 Å². The Morgan fingerprint density at radius 1 is 1.33 bits per heavy atom. The monoisotopic (exact) mass is 258 g/mol. The molecule has 0 fully saturated rings. The van der Waals surface area contributed by atoms with Crippen molar-refractivity contribution >= 4 is 27.2 Å². The number of aryl methyl sites for hydroxylation is 2. The van der Waals surface area contributed by atoms with Gasteiger partial charge in [0.05, 0.1) is 27.3 Å². The zero-order valence-corrected chi connectivity index (χ0v) is 11.4. The van der Waals surface area contributed by atoms with Gasteiger partial charge in [-0.25, -0.2) is 4.98 Å². The fourth-order valence-corrected chi connectivity index (χ4v) is 3.06. The lowest BCUT2D eigenvalue weighted by Crippen LogP contribution is -1.97. The van der Waals surface area contributed by atoms with Gasteiger partial charge in [0.15, 0.2) is 0 Å². The van der Waals surface area contributed by atoms with Gasteiger partial charge in [-0.1, -0.05) is 0 Å². The van der Waals surface area contributed by atoms with Crippen LogP contribution < -0.4 is 5.32 Å². The molecule has 0 spiro atoms. The second-order valence-corrected chi connectivity index (χ2v) is 5.47. The summed E-state index contributed by atoms with van der Waals surface area (Å²) in [6.07, 6.45) is 1.79.